The molecule has 9 heteroatoms. The fourth-order valence-electron chi connectivity index (χ4n) is 2.90. The summed E-state index contributed by atoms with van der Waals surface area (Å²) in [5.74, 6) is -2.45. The molecule has 3 N–H and O–H groups in total. The molecule has 0 heterocycles. The number of rotatable bonds is 9. The van der Waals surface area contributed by atoms with Gasteiger partial charge in [0.15, 0.2) is 0 Å². The Hall–Kier alpha value is -3.13. The summed E-state index contributed by atoms with van der Waals surface area (Å²) in [5, 5.41) is 14.8. The standard InChI is InChI=1S/C21H22ClFN2O5/c1-12(26)24-17(10-13-4-3-5-15(23)8-13)20(27)25-18(21(28)29)11-14-6-7-19(30-2)16(22)9-14/h3-9,17-18H,10-11H2,1-2H3,(H,24,26)(H,25,27)(H,28,29)/t17-,18+/m1/s1. The third kappa shape index (κ3) is 6.73. The van der Waals surface area contributed by atoms with Gasteiger partial charge in [0.2, 0.25) is 11.8 Å². The molecule has 0 fully saturated rings. The molecule has 30 heavy (non-hydrogen) atoms. The highest BCUT2D eigenvalue weighted by Crippen LogP contribution is 2.25. The van der Waals surface area contributed by atoms with Crippen molar-refractivity contribution >= 4 is 29.4 Å². The van der Waals surface area contributed by atoms with E-state index in [1.807, 2.05) is 0 Å². The van der Waals surface area contributed by atoms with Crippen LogP contribution in [0.4, 0.5) is 4.39 Å². The van der Waals surface area contributed by atoms with E-state index in [2.05, 4.69) is 10.6 Å². The second-order valence-electron chi connectivity index (χ2n) is 6.66. The van der Waals surface area contributed by atoms with Gasteiger partial charge in [-0.05, 0) is 35.4 Å². The number of nitrogens with one attached hydrogen (secondary N) is 2. The maximum Gasteiger partial charge on any atom is 0.326 e. The Labute approximate surface area is 178 Å². The largest absolute Gasteiger partial charge is 0.495 e. The molecule has 0 saturated carbocycles. The number of hydrogen-bond donors (Lipinski definition) is 3. The number of methoxy groups -OCH3 is 1. The first-order chi connectivity index (χ1) is 14.2. The van der Waals surface area contributed by atoms with Crippen LogP contribution in [-0.4, -0.2) is 42.1 Å². The molecule has 0 unspecified atom stereocenters. The average Bonchev–Trinajstić information content (AvgIpc) is 2.66. The third-order valence-corrected chi connectivity index (χ3v) is 4.59. The number of carboxylic acids is 1. The molecule has 0 aliphatic carbocycles. The molecule has 2 amide bonds. The van der Waals surface area contributed by atoms with Crippen LogP contribution in [0.3, 0.4) is 0 Å². The molecule has 2 aromatic rings. The summed E-state index contributed by atoms with van der Waals surface area (Å²) in [7, 11) is 1.46. The first kappa shape index (κ1) is 23.2. The molecule has 0 aromatic heterocycles. The molecule has 7 nitrogen and oxygen atoms in total. The Morgan fingerprint density at radius 2 is 1.73 bits per heavy atom. The van der Waals surface area contributed by atoms with Crippen LogP contribution in [0, 0.1) is 5.82 Å². The number of ether oxygens (including phenoxy) is 1. The van der Waals surface area contributed by atoms with E-state index in [1.165, 1.54) is 32.2 Å². The van der Waals surface area contributed by atoms with E-state index in [0.29, 0.717) is 21.9 Å². The lowest BCUT2D eigenvalue weighted by atomic mass is 10.0. The number of aliphatic carboxylic acids is 1. The first-order valence-corrected chi connectivity index (χ1v) is 9.44. The Bertz CT molecular complexity index is 937. The molecule has 0 spiro atoms. The second-order valence-corrected chi connectivity index (χ2v) is 7.07. The first-order valence-electron chi connectivity index (χ1n) is 9.06. The van der Waals surface area contributed by atoms with Crippen molar-refractivity contribution in [3.05, 3.63) is 64.4 Å². The summed E-state index contributed by atoms with van der Waals surface area (Å²) in [6, 6.07) is 8.08. The Morgan fingerprint density at radius 3 is 2.30 bits per heavy atom. The zero-order valence-electron chi connectivity index (χ0n) is 16.4. The van der Waals surface area contributed by atoms with Crippen LogP contribution in [0.1, 0.15) is 18.1 Å². The van der Waals surface area contributed by atoms with Gasteiger partial charge in [0.05, 0.1) is 12.1 Å². The zero-order valence-corrected chi connectivity index (χ0v) is 17.2. The van der Waals surface area contributed by atoms with Crippen molar-refractivity contribution in [3.8, 4) is 5.75 Å². The molecule has 2 atom stereocenters. The highest BCUT2D eigenvalue weighted by molar-refractivity contribution is 6.32. The number of amides is 2. The van der Waals surface area contributed by atoms with Crippen LogP contribution in [0.15, 0.2) is 42.5 Å². The van der Waals surface area contributed by atoms with E-state index < -0.39 is 35.7 Å². The van der Waals surface area contributed by atoms with Crippen LogP contribution in [0.5, 0.6) is 5.75 Å². The number of carboxylic acid groups (broad SMARTS) is 1. The lowest BCUT2D eigenvalue weighted by Gasteiger charge is -2.21. The fraction of sp³-hybridized carbons (Fsp3) is 0.286. The summed E-state index contributed by atoms with van der Waals surface area (Å²) in [6.45, 7) is 1.24. The van der Waals surface area contributed by atoms with E-state index in [1.54, 1.807) is 24.3 Å². The minimum absolute atomic E-state index is 0.00385. The molecule has 2 rings (SSSR count). The van der Waals surface area contributed by atoms with Crippen LogP contribution in [0.2, 0.25) is 5.02 Å². The van der Waals surface area contributed by atoms with Gasteiger partial charge < -0.3 is 20.5 Å². The van der Waals surface area contributed by atoms with Crippen molar-refractivity contribution in [3.63, 3.8) is 0 Å². The second kappa shape index (κ2) is 10.6. The predicted octanol–water partition coefficient (Wildman–Crippen LogP) is 2.35. The minimum Gasteiger partial charge on any atom is -0.495 e. The van der Waals surface area contributed by atoms with Gasteiger partial charge in [-0.3, -0.25) is 9.59 Å². The number of benzene rings is 2. The van der Waals surface area contributed by atoms with Crippen LogP contribution < -0.4 is 15.4 Å². The highest BCUT2D eigenvalue weighted by Gasteiger charge is 2.26. The Morgan fingerprint density at radius 1 is 1.07 bits per heavy atom. The number of halogens is 2. The van der Waals surface area contributed by atoms with E-state index in [4.69, 9.17) is 16.3 Å². The van der Waals surface area contributed by atoms with Crippen molar-refractivity contribution in [2.75, 3.05) is 7.11 Å². The van der Waals surface area contributed by atoms with Crippen molar-refractivity contribution in [1.82, 2.24) is 10.6 Å². The summed E-state index contributed by atoms with van der Waals surface area (Å²) >= 11 is 6.07. The van der Waals surface area contributed by atoms with Gasteiger partial charge in [-0.25, -0.2) is 9.18 Å². The normalized spacial score (nSPS) is 12.5. The van der Waals surface area contributed by atoms with Gasteiger partial charge in [0.1, 0.15) is 23.7 Å². The van der Waals surface area contributed by atoms with Gasteiger partial charge >= 0.3 is 5.97 Å². The molecule has 0 saturated heterocycles. The van der Waals surface area contributed by atoms with Crippen molar-refractivity contribution < 1.29 is 28.6 Å². The summed E-state index contributed by atoms with van der Waals surface area (Å²) in [6.07, 6.45) is -0.0264. The fourth-order valence-corrected chi connectivity index (χ4v) is 3.18. The van der Waals surface area contributed by atoms with Crippen molar-refractivity contribution in [2.24, 2.45) is 0 Å². The highest BCUT2D eigenvalue weighted by atomic mass is 35.5. The molecule has 0 aliphatic heterocycles. The van der Waals surface area contributed by atoms with Gasteiger partial charge in [0, 0.05) is 19.8 Å². The number of carbonyl (C=O) groups excluding carboxylic acids is 2. The lowest BCUT2D eigenvalue weighted by molar-refractivity contribution is -0.142. The maximum absolute atomic E-state index is 13.4. The molecular formula is C21H22ClFN2O5. The van der Waals surface area contributed by atoms with E-state index in [0.717, 1.165) is 0 Å². The average molecular weight is 437 g/mol. The van der Waals surface area contributed by atoms with Gasteiger partial charge in [-0.2, -0.15) is 0 Å². The number of carbonyl (C=O) groups is 3. The quantitative estimate of drug-likeness (QED) is 0.559. The predicted molar refractivity (Wildman–Crippen MR) is 109 cm³/mol. The SMILES string of the molecule is COc1ccc(C[C@H](NC(=O)[C@@H](Cc2cccc(F)c2)NC(C)=O)C(=O)O)cc1Cl. The summed E-state index contributed by atoms with van der Waals surface area (Å²) < 4.78 is 18.5. The van der Waals surface area contributed by atoms with E-state index in [9.17, 15) is 23.9 Å². The van der Waals surface area contributed by atoms with Crippen molar-refractivity contribution in [2.45, 2.75) is 31.8 Å². The lowest BCUT2D eigenvalue weighted by Crippen LogP contribution is -2.52. The smallest absolute Gasteiger partial charge is 0.326 e. The topological polar surface area (TPSA) is 105 Å². The monoisotopic (exact) mass is 436 g/mol. The van der Waals surface area contributed by atoms with Gasteiger partial charge in [-0.1, -0.05) is 29.8 Å². The van der Waals surface area contributed by atoms with Crippen LogP contribution in [-0.2, 0) is 27.2 Å². The van der Waals surface area contributed by atoms with Crippen molar-refractivity contribution in [1.29, 1.82) is 0 Å². The molecule has 160 valence electrons. The van der Waals surface area contributed by atoms with E-state index in [-0.39, 0.29) is 12.8 Å². The summed E-state index contributed by atoms with van der Waals surface area (Å²) in [4.78, 5) is 35.9. The number of hydrogen-bond acceptors (Lipinski definition) is 4. The Balaban J connectivity index is 2.15. The third-order valence-electron chi connectivity index (χ3n) is 4.29. The maximum atomic E-state index is 13.4. The van der Waals surface area contributed by atoms with Crippen LogP contribution in [0.25, 0.3) is 0 Å². The molecular weight excluding hydrogens is 415 g/mol. The molecule has 2 aromatic carbocycles. The minimum atomic E-state index is -1.26. The van der Waals surface area contributed by atoms with Crippen LogP contribution >= 0.6 is 11.6 Å². The zero-order chi connectivity index (χ0) is 22.3. The molecule has 0 radical (unpaired) electrons. The molecule has 0 bridgehead atoms. The van der Waals surface area contributed by atoms with Gasteiger partial charge in [0.25, 0.3) is 0 Å². The molecule has 0 aliphatic rings. The Kier molecular flexibility index (Phi) is 8.17. The summed E-state index contributed by atoms with van der Waals surface area (Å²) in [5.41, 5.74) is 1.06. The van der Waals surface area contributed by atoms with E-state index >= 15 is 0 Å². The van der Waals surface area contributed by atoms with Gasteiger partial charge in [-0.15, -0.1) is 0 Å².